The van der Waals surface area contributed by atoms with Gasteiger partial charge in [0.1, 0.15) is 6.29 Å². The third-order valence-corrected chi connectivity index (χ3v) is 3.04. The lowest BCUT2D eigenvalue weighted by molar-refractivity contribution is -0.111. The minimum Gasteiger partial charge on any atom is -0.303 e. The highest BCUT2D eigenvalue weighted by Gasteiger charge is 2.21. The van der Waals surface area contributed by atoms with Crippen LogP contribution in [0.3, 0.4) is 0 Å². The molecule has 9 heavy (non-hydrogen) atoms. The molecule has 0 N–H and O–H groups in total. The van der Waals surface area contributed by atoms with Crippen LogP contribution in [0.1, 0.15) is 25.7 Å². The summed E-state index contributed by atoms with van der Waals surface area (Å²) in [4.78, 5) is 10.8. The van der Waals surface area contributed by atoms with Crippen LogP contribution in [-0.4, -0.2) is 11.1 Å². The molecule has 0 bridgehead atoms. The molecule has 1 saturated carbocycles. The van der Waals surface area contributed by atoms with Crippen molar-refractivity contribution in [3.63, 3.8) is 0 Å². The van der Waals surface area contributed by atoms with E-state index in [9.17, 15) is 4.79 Å². The molecule has 0 aromatic heterocycles. The van der Waals surface area contributed by atoms with Crippen molar-refractivity contribution in [1.82, 2.24) is 0 Å². The predicted octanol–water partition coefficient (Wildman–Crippen LogP) is 2.14. The van der Waals surface area contributed by atoms with E-state index in [2.05, 4.69) is 15.9 Å². The summed E-state index contributed by atoms with van der Waals surface area (Å²) in [5.74, 6) is 0.291. The van der Waals surface area contributed by atoms with Crippen LogP contribution in [0.2, 0.25) is 0 Å². The van der Waals surface area contributed by atoms with E-state index < -0.39 is 0 Å². The second-order valence-corrected chi connectivity index (χ2v) is 3.78. The number of hydrogen-bond acceptors (Lipinski definition) is 1. The largest absolute Gasteiger partial charge is 0.303 e. The molecule has 2 unspecified atom stereocenters. The SMILES string of the molecule is O=CC1CCCCC1Br. The Morgan fingerprint density at radius 1 is 1.33 bits per heavy atom. The first kappa shape index (κ1) is 7.26. The van der Waals surface area contributed by atoms with E-state index in [1.54, 1.807) is 0 Å². The van der Waals surface area contributed by atoms with Crippen LogP contribution in [0.4, 0.5) is 0 Å². The van der Waals surface area contributed by atoms with E-state index in [0.717, 1.165) is 12.7 Å². The minimum atomic E-state index is 0.291. The number of aldehydes is 1. The van der Waals surface area contributed by atoms with Crippen LogP contribution in [0.25, 0.3) is 0 Å². The Hall–Kier alpha value is 0.150. The number of carbonyl (C=O) groups excluding carboxylic acids is 1. The smallest absolute Gasteiger partial charge is 0.124 e. The van der Waals surface area contributed by atoms with E-state index in [1.807, 2.05) is 0 Å². The molecule has 1 aliphatic carbocycles. The van der Waals surface area contributed by atoms with Crippen LogP contribution >= 0.6 is 15.9 Å². The van der Waals surface area contributed by atoms with E-state index in [0.29, 0.717) is 10.7 Å². The molecule has 0 aromatic rings. The van der Waals surface area contributed by atoms with E-state index in [-0.39, 0.29) is 0 Å². The van der Waals surface area contributed by atoms with Crippen LogP contribution < -0.4 is 0 Å². The van der Waals surface area contributed by atoms with Gasteiger partial charge >= 0.3 is 0 Å². The fourth-order valence-electron chi connectivity index (χ4n) is 1.27. The Labute approximate surface area is 64.0 Å². The quantitative estimate of drug-likeness (QED) is 0.458. The Balaban J connectivity index is 2.38. The molecule has 1 rings (SSSR count). The molecule has 0 saturated heterocycles. The molecule has 0 amide bonds. The highest BCUT2D eigenvalue weighted by molar-refractivity contribution is 9.09. The molecular formula is C7H11BrO. The van der Waals surface area contributed by atoms with E-state index >= 15 is 0 Å². The lowest BCUT2D eigenvalue weighted by atomic mass is 9.90. The zero-order valence-electron chi connectivity index (χ0n) is 5.35. The van der Waals surface area contributed by atoms with Gasteiger partial charge in [-0.25, -0.2) is 0 Å². The third kappa shape index (κ3) is 1.78. The van der Waals surface area contributed by atoms with E-state index in [1.165, 1.54) is 19.3 Å². The molecule has 1 nitrogen and oxygen atoms in total. The summed E-state index contributed by atoms with van der Waals surface area (Å²) >= 11 is 3.48. The van der Waals surface area contributed by atoms with Crippen LogP contribution in [-0.2, 0) is 4.79 Å². The average molecular weight is 191 g/mol. The van der Waals surface area contributed by atoms with Crippen LogP contribution in [0.5, 0.6) is 0 Å². The zero-order chi connectivity index (χ0) is 6.69. The number of alkyl halides is 1. The molecule has 0 heterocycles. The van der Waals surface area contributed by atoms with Crippen molar-refractivity contribution in [2.45, 2.75) is 30.5 Å². The van der Waals surface area contributed by atoms with Gasteiger partial charge in [0.25, 0.3) is 0 Å². The van der Waals surface area contributed by atoms with Crippen molar-refractivity contribution in [2.75, 3.05) is 0 Å². The van der Waals surface area contributed by atoms with Gasteiger partial charge < -0.3 is 4.79 Å². The average Bonchev–Trinajstić information content (AvgIpc) is 1.89. The van der Waals surface area contributed by atoms with Gasteiger partial charge in [-0.2, -0.15) is 0 Å². The molecule has 52 valence electrons. The number of carbonyl (C=O) groups is 1. The summed E-state index contributed by atoms with van der Waals surface area (Å²) in [7, 11) is 0. The van der Waals surface area contributed by atoms with Crippen molar-refractivity contribution < 1.29 is 4.79 Å². The number of halogens is 1. The molecule has 0 spiro atoms. The van der Waals surface area contributed by atoms with Crippen molar-refractivity contribution in [1.29, 1.82) is 0 Å². The molecule has 1 fully saturated rings. The van der Waals surface area contributed by atoms with Crippen molar-refractivity contribution in [2.24, 2.45) is 5.92 Å². The maximum atomic E-state index is 10.3. The summed E-state index contributed by atoms with van der Waals surface area (Å²) in [6, 6.07) is 0. The Bertz CT molecular complexity index is 103. The normalized spacial score (nSPS) is 36.1. The Morgan fingerprint density at radius 2 is 2.00 bits per heavy atom. The number of rotatable bonds is 1. The van der Waals surface area contributed by atoms with Gasteiger partial charge in [0.2, 0.25) is 0 Å². The summed E-state index contributed by atoms with van der Waals surface area (Å²) < 4.78 is 0. The molecule has 0 aliphatic heterocycles. The van der Waals surface area contributed by atoms with Gasteiger partial charge in [-0.1, -0.05) is 28.8 Å². The second kappa shape index (κ2) is 3.35. The van der Waals surface area contributed by atoms with Crippen LogP contribution in [0.15, 0.2) is 0 Å². The van der Waals surface area contributed by atoms with Gasteiger partial charge in [0.05, 0.1) is 0 Å². The standard InChI is InChI=1S/C7H11BrO/c8-7-4-2-1-3-6(7)5-9/h5-7H,1-4H2. The summed E-state index contributed by atoms with van der Waals surface area (Å²) in [6.45, 7) is 0. The summed E-state index contributed by atoms with van der Waals surface area (Å²) in [5.41, 5.74) is 0. The van der Waals surface area contributed by atoms with Gasteiger partial charge in [-0.3, -0.25) is 0 Å². The fraction of sp³-hybridized carbons (Fsp3) is 0.857. The molecule has 0 radical (unpaired) electrons. The predicted molar refractivity (Wildman–Crippen MR) is 40.7 cm³/mol. The third-order valence-electron chi connectivity index (χ3n) is 1.91. The highest BCUT2D eigenvalue weighted by atomic mass is 79.9. The molecule has 2 heteroatoms. The molecule has 0 aromatic carbocycles. The van der Waals surface area contributed by atoms with Crippen LogP contribution in [0, 0.1) is 5.92 Å². The fourth-order valence-corrected chi connectivity index (χ4v) is 1.98. The Kier molecular flexibility index (Phi) is 2.70. The monoisotopic (exact) mass is 190 g/mol. The topological polar surface area (TPSA) is 17.1 Å². The maximum Gasteiger partial charge on any atom is 0.124 e. The minimum absolute atomic E-state index is 0.291. The first-order valence-electron chi connectivity index (χ1n) is 3.44. The van der Waals surface area contributed by atoms with Crippen molar-refractivity contribution >= 4 is 22.2 Å². The lowest BCUT2D eigenvalue weighted by Crippen LogP contribution is -2.19. The molecular weight excluding hydrogens is 180 g/mol. The first-order valence-corrected chi connectivity index (χ1v) is 4.35. The zero-order valence-corrected chi connectivity index (χ0v) is 6.93. The Morgan fingerprint density at radius 3 is 2.44 bits per heavy atom. The van der Waals surface area contributed by atoms with Gasteiger partial charge in [0, 0.05) is 10.7 Å². The van der Waals surface area contributed by atoms with Gasteiger partial charge in [0.15, 0.2) is 0 Å². The number of hydrogen-bond donors (Lipinski definition) is 0. The van der Waals surface area contributed by atoms with Gasteiger partial charge in [-0.05, 0) is 12.8 Å². The molecule has 1 aliphatic rings. The van der Waals surface area contributed by atoms with Gasteiger partial charge in [-0.15, -0.1) is 0 Å². The second-order valence-electron chi connectivity index (χ2n) is 2.60. The highest BCUT2D eigenvalue weighted by Crippen LogP contribution is 2.27. The van der Waals surface area contributed by atoms with Crippen molar-refractivity contribution in [3.8, 4) is 0 Å². The summed E-state index contributed by atoms with van der Waals surface area (Å²) in [5, 5.41) is 0. The summed E-state index contributed by atoms with van der Waals surface area (Å²) in [6.07, 6.45) is 5.84. The lowest BCUT2D eigenvalue weighted by Gasteiger charge is -2.21. The maximum absolute atomic E-state index is 10.3. The first-order chi connectivity index (χ1) is 4.34. The van der Waals surface area contributed by atoms with Crippen molar-refractivity contribution in [3.05, 3.63) is 0 Å². The molecule has 2 atom stereocenters. The van der Waals surface area contributed by atoms with E-state index in [4.69, 9.17) is 0 Å².